The molecule has 0 aliphatic carbocycles. The minimum absolute atomic E-state index is 0.0500. The van der Waals surface area contributed by atoms with E-state index in [0.717, 1.165) is 0 Å². The monoisotopic (exact) mass is 484 g/mol. The summed E-state index contributed by atoms with van der Waals surface area (Å²) >= 11 is 3.24. The molecule has 0 radical (unpaired) electrons. The van der Waals surface area contributed by atoms with E-state index in [1.165, 1.54) is 48.5 Å². The number of nitrogens with zero attached hydrogens (tertiary/aromatic N) is 1. The highest BCUT2D eigenvalue weighted by molar-refractivity contribution is 9.09. The Balaban J connectivity index is 1.62. The fourth-order valence-electron chi connectivity index (χ4n) is 2.90. The van der Waals surface area contributed by atoms with Gasteiger partial charge in [-0.1, -0.05) is 12.1 Å². The first-order valence-corrected chi connectivity index (χ1v) is 11.8. The Morgan fingerprint density at radius 3 is 2.07 bits per heavy atom. The van der Waals surface area contributed by atoms with Crippen molar-refractivity contribution in [1.29, 1.82) is 0 Å². The highest BCUT2D eigenvalue weighted by Gasteiger charge is 2.47. The number of rotatable bonds is 3. The molecule has 2 aromatic carbocycles. The van der Waals surface area contributed by atoms with Crippen molar-refractivity contribution in [3.63, 3.8) is 0 Å². The van der Waals surface area contributed by atoms with Crippen molar-refractivity contribution in [3.8, 4) is 0 Å². The van der Waals surface area contributed by atoms with Gasteiger partial charge < -0.3 is 10.1 Å². The first-order valence-electron chi connectivity index (χ1n) is 8.03. The molecule has 0 aromatic heterocycles. The van der Waals surface area contributed by atoms with Crippen LogP contribution in [0, 0.1) is 0 Å². The molecule has 0 saturated heterocycles. The van der Waals surface area contributed by atoms with Crippen LogP contribution in [0.4, 0.5) is 11.4 Å². The van der Waals surface area contributed by atoms with Crippen LogP contribution < -0.4 is 9.03 Å². The SMILES string of the molecule is O=C(Nc1ccc(N2S(=O)(=O)c3ccccc3S2(=O)=O)cc1)C1=CCC(Br)O1. The summed E-state index contributed by atoms with van der Waals surface area (Å²) in [6.45, 7) is 0. The molecular weight excluding hydrogens is 472 g/mol. The minimum atomic E-state index is -4.24. The third-order valence-electron chi connectivity index (χ3n) is 4.14. The molecular formula is C17H13BrN2O6S2. The number of carbonyl (C=O) groups is 1. The lowest BCUT2D eigenvalue weighted by atomic mass is 10.3. The molecule has 0 spiro atoms. The third-order valence-corrected chi connectivity index (χ3v) is 9.13. The van der Waals surface area contributed by atoms with E-state index in [9.17, 15) is 21.6 Å². The molecule has 1 N–H and O–H groups in total. The third kappa shape index (κ3) is 2.99. The summed E-state index contributed by atoms with van der Waals surface area (Å²) in [6.07, 6.45) is 2.21. The lowest BCUT2D eigenvalue weighted by Crippen LogP contribution is -2.30. The van der Waals surface area contributed by atoms with E-state index < -0.39 is 26.0 Å². The topological polar surface area (TPSA) is 110 Å². The molecule has 2 aromatic rings. The maximum Gasteiger partial charge on any atom is 0.290 e. The maximum absolute atomic E-state index is 12.7. The number of fused-ring (bicyclic) bond motifs is 1. The highest BCUT2D eigenvalue weighted by Crippen LogP contribution is 2.40. The van der Waals surface area contributed by atoms with Gasteiger partial charge in [0.05, 0.1) is 5.69 Å². The van der Waals surface area contributed by atoms with Crippen molar-refractivity contribution in [2.24, 2.45) is 0 Å². The lowest BCUT2D eigenvalue weighted by molar-refractivity contribution is -0.115. The molecule has 1 amide bonds. The van der Waals surface area contributed by atoms with Gasteiger partial charge in [0.25, 0.3) is 26.0 Å². The van der Waals surface area contributed by atoms with Crippen molar-refractivity contribution in [1.82, 2.24) is 0 Å². The molecule has 146 valence electrons. The summed E-state index contributed by atoms with van der Waals surface area (Å²) in [5.74, 6) is -0.283. The number of halogens is 1. The van der Waals surface area contributed by atoms with Crippen LogP contribution in [0.5, 0.6) is 0 Å². The molecule has 0 bridgehead atoms. The van der Waals surface area contributed by atoms with Gasteiger partial charge in [0.2, 0.25) is 0 Å². The summed E-state index contributed by atoms with van der Waals surface area (Å²) in [5, 5.41) is 2.36. The molecule has 28 heavy (non-hydrogen) atoms. The number of alkyl halides is 1. The largest absolute Gasteiger partial charge is 0.473 e. The molecule has 1 unspecified atom stereocenters. The van der Waals surface area contributed by atoms with Gasteiger partial charge in [0, 0.05) is 12.1 Å². The molecule has 11 heteroatoms. The second kappa shape index (κ2) is 6.61. The Hall–Kier alpha value is -2.37. The van der Waals surface area contributed by atoms with Gasteiger partial charge in [-0.25, -0.2) is 0 Å². The average Bonchev–Trinajstić information content (AvgIpc) is 3.15. The fourth-order valence-corrected chi connectivity index (χ4v) is 7.74. The van der Waals surface area contributed by atoms with Crippen molar-refractivity contribution in [2.75, 3.05) is 9.03 Å². The van der Waals surface area contributed by atoms with E-state index in [0.29, 0.717) is 15.8 Å². The predicted molar refractivity (Wildman–Crippen MR) is 105 cm³/mol. The van der Waals surface area contributed by atoms with Crippen molar-refractivity contribution in [3.05, 3.63) is 60.4 Å². The normalized spacial score (nSPS) is 21.5. The van der Waals surface area contributed by atoms with E-state index in [4.69, 9.17) is 4.74 Å². The molecule has 2 aliphatic rings. The van der Waals surface area contributed by atoms with Crippen LogP contribution in [0.15, 0.2) is 70.2 Å². The van der Waals surface area contributed by atoms with Crippen LogP contribution in [0.1, 0.15) is 6.42 Å². The Morgan fingerprint density at radius 1 is 1.00 bits per heavy atom. The van der Waals surface area contributed by atoms with E-state index in [1.54, 1.807) is 6.08 Å². The van der Waals surface area contributed by atoms with Gasteiger partial charge in [0.1, 0.15) is 9.79 Å². The van der Waals surface area contributed by atoms with Crippen molar-refractivity contribution < 1.29 is 26.4 Å². The summed E-state index contributed by atoms with van der Waals surface area (Å²) in [5.41, 5.74) is 0.314. The number of benzene rings is 2. The molecule has 1 atom stereocenters. The molecule has 8 nitrogen and oxygen atoms in total. The van der Waals surface area contributed by atoms with Crippen LogP contribution in [0.25, 0.3) is 0 Å². The summed E-state index contributed by atoms with van der Waals surface area (Å²) < 4.78 is 56.6. The van der Waals surface area contributed by atoms with Gasteiger partial charge in [0.15, 0.2) is 10.8 Å². The van der Waals surface area contributed by atoms with Gasteiger partial charge in [-0.3, -0.25) is 4.79 Å². The van der Waals surface area contributed by atoms with E-state index in [2.05, 4.69) is 21.2 Å². The Kier molecular flexibility index (Phi) is 4.47. The fraction of sp³-hybridized carbons (Fsp3) is 0.118. The molecule has 0 saturated carbocycles. The summed E-state index contributed by atoms with van der Waals surface area (Å²) in [6, 6.07) is 10.9. The zero-order valence-electron chi connectivity index (χ0n) is 14.1. The number of ether oxygens (including phenoxy) is 1. The predicted octanol–water partition coefficient (Wildman–Crippen LogP) is 2.55. The highest BCUT2D eigenvalue weighted by atomic mass is 79.9. The van der Waals surface area contributed by atoms with Crippen LogP contribution in [-0.2, 0) is 29.6 Å². The van der Waals surface area contributed by atoms with E-state index >= 15 is 0 Å². The number of hydrogen-bond acceptors (Lipinski definition) is 6. The number of carbonyl (C=O) groups excluding carboxylic acids is 1. The molecule has 2 aliphatic heterocycles. The smallest absolute Gasteiger partial charge is 0.290 e. The summed E-state index contributed by atoms with van der Waals surface area (Å²) in [7, 11) is -8.48. The number of amides is 1. The lowest BCUT2D eigenvalue weighted by Gasteiger charge is -2.16. The number of nitrogens with one attached hydrogen (secondary N) is 1. The number of anilines is 2. The van der Waals surface area contributed by atoms with Gasteiger partial charge >= 0.3 is 0 Å². The van der Waals surface area contributed by atoms with Gasteiger partial charge in [-0.05, 0) is 58.4 Å². The standard InChI is InChI=1S/C17H13BrN2O6S2/c18-16-10-9-13(26-16)17(21)19-11-5-7-12(8-6-11)20-27(22,23)14-3-1-2-4-15(14)28(20,24)25/h1-9,16H,10H2,(H,19,21). The molecule has 0 fully saturated rings. The maximum atomic E-state index is 12.7. The Bertz CT molecular complexity index is 1150. The molecule has 4 rings (SSSR count). The first kappa shape index (κ1) is 19.0. The zero-order chi connectivity index (χ0) is 20.1. The van der Waals surface area contributed by atoms with Gasteiger partial charge in [-0.2, -0.15) is 20.5 Å². The van der Waals surface area contributed by atoms with Crippen LogP contribution in [0.3, 0.4) is 0 Å². The van der Waals surface area contributed by atoms with Crippen molar-refractivity contribution >= 4 is 53.3 Å². The summed E-state index contributed by atoms with van der Waals surface area (Å²) in [4.78, 5) is 11.6. The van der Waals surface area contributed by atoms with Crippen molar-refractivity contribution in [2.45, 2.75) is 21.2 Å². The van der Waals surface area contributed by atoms with E-state index in [1.807, 2.05) is 0 Å². The average molecular weight is 485 g/mol. The van der Waals surface area contributed by atoms with Crippen LogP contribution in [-0.4, -0.2) is 27.8 Å². The minimum Gasteiger partial charge on any atom is -0.473 e. The van der Waals surface area contributed by atoms with Crippen LogP contribution >= 0.6 is 15.9 Å². The molecule has 2 heterocycles. The zero-order valence-corrected chi connectivity index (χ0v) is 17.3. The Labute approximate surface area is 170 Å². The van der Waals surface area contributed by atoms with Crippen LogP contribution in [0.2, 0.25) is 0 Å². The number of hydrogen-bond donors (Lipinski definition) is 1. The second-order valence-corrected chi connectivity index (χ2v) is 10.7. The van der Waals surface area contributed by atoms with E-state index in [-0.39, 0.29) is 26.3 Å². The quantitative estimate of drug-likeness (QED) is 0.670. The number of sulfonamides is 2. The second-order valence-electron chi connectivity index (χ2n) is 5.99. The Morgan fingerprint density at radius 2 is 1.57 bits per heavy atom. The first-order chi connectivity index (χ1) is 13.2. The van der Waals surface area contributed by atoms with Gasteiger partial charge in [-0.15, -0.1) is 0 Å².